The van der Waals surface area contributed by atoms with E-state index in [1.807, 2.05) is 0 Å². The Labute approximate surface area is 162 Å². The molecule has 3 rings (SSSR count). The lowest BCUT2D eigenvalue weighted by Gasteiger charge is -2.19. The van der Waals surface area contributed by atoms with Crippen LogP contribution in [0.1, 0.15) is 12.6 Å². The van der Waals surface area contributed by atoms with E-state index in [9.17, 15) is 27.5 Å². The SMILES string of the molecule is COC(=O)[C@H](C)Oc1nc(C(F)(F)F)c(-c2ccc(F)cc2)c2ccc(O)cc12. The Morgan fingerprint density at radius 3 is 2.34 bits per heavy atom. The number of phenolic OH excluding ortho intramolecular Hbond substituents is 1. The molecule has 3 aromatic rings. The molecule has 0 fully saturated rings. The van der Waals surface area contributed by atoms with Gasteiger partial charge in [0, 0.05) is 10.9 Å². The Balaban J connectivity index is 2.34. The quantitative estimate of drug-likeness (QED) is 0.500. The van der Waals surface area contributed by atoms with Crippen LogP contribution in [-0.2, 0) is 15.7 Å². The molecular formula is C20H15F4NO4. The van der Waals surface area contributed by atoms with Gasteiger partial charge in [-0.3, -0.25) is 0 Å². The summed E-state index contributed by atoms with van der Waals surface area (Å²) < 4.78 is 64.6. The van der Waals surface area contributed by atoms with Gasteiger partial charge in [0.15, 0.2) is 11.8 Å². The number of phenols is 1. The summed E-state index contributed by atoms with van der Waals surface area (Å²) in [5.41, 5.74) is -1.49. The van der Waals surface area contributed by atoms with Gasteiger partial charge in [-0.05, 0) is 48.2 Å². The third-order valence-corrected chi connectivity index (χ3v) is 4.18. The van der Waals surface area contributed by atoms with Crippen LogP contribution in [0.2, 0.25) is 0 Å². The number of ether oxygens (including phenoxy) is 2. The second-order valence-electron chi connectivity index (χ2n) is 6.16. The van der Waals surface area contributed by atoms with E-state index in [0.29, 0.717) is 0 Å². The zero-order valence-corrected chi connectivity index (χ0v) is 15.2. The minimum atomic E-state index is -4.87. The van der Waals surface area contributed by atoms with E-state index in [4.69, 9.17) is 4.74 Å². The lowest BCUT2D eigenvalue weighted by molar-refractivity contribution is -0.148. The molecule has 0 aliphatic rings. The average Bonchev–Trinajstić information content (AvgIpc) is 2.67. The minimum absolute atomic E-state index is 0.0491. The summed E-state index contributed by atoms with van der Waals surface area (Å²) in [4.78, 5) is 15.2. The van der Waals surface area contributed by atoms with Crippen LogP contribution in [0.3, 0.4) is 0 Å². The Hall–Kier alpha value is -3.36. The monoisotopic (exact) mass is 409 g/mol. The Morgan fingerprint density at radius 2 is 1.76 bits per heavy atom. The first-order valence-electron chi connectivity index (χ1n) is 8.36. The lowest BCUT2D eigenvalue weighted by atomic mass is 9.96. The van der Waals surface area contributed by atoms with Crippen molar-refractivity contribution in [2.75, 3.05) is 7.11 Å². The van der Waals surface area contributed by atoms with Gasteiger partial charge in [-0.15, -0.1) is 0 Å². The summed E-state index contributed by atoms with van der Waals surface area (Å²) in [5.74, 6) is -2.15. The van der Waals surface area contributed by atoms with Gasteiger partial charge in [-0.1, -0.05) is 12.1 Å². The van der Waals surface area contributed by atoms with E-state index in [0.717, 1.165) is 19.2 Å². The van der Waals surface area contributed by atoms with Crippen LogP contribution in [0.5, 0.6) is 11.6 Å². The fourth-order valence-corrected chi connectivity index (χ4v) is 2.86. The first-order valence-corrected chi connectivity index (χ1v) is 8.36. The number of nitrogens with zero attached hydrogens (tertiary/aromatic N) is 1. The fourth-order valence-electron chi connectivity index (χ4n) is 2.86. The number of hydrogen-bond acceptors (Lipinski definition) is 5. The number of benzene rings is 2. The first kappa shape index (κ1) is 20.4. The fraction of sp³-hybridized carbons (Fsp3) is 0.200. The predicted molar refractivity (Wildman–Crippen MR) is 95.9 cm³/mol. The summed E-state index contributed by atoms with van der Waals surface area (Å²) in [6, 6.07) is 8.13. The molecular weight excluding hydrogens is 394 g/mol. The third-order valence-electron chi connectivity index (χ3n) is 4.18. The van der Waals surface area contributed by atoms with Gasteiger partial charge < -0.3 is 14.6 Å². The van der Waals surface area contributed by atoms with Crippen molar-refractivity contribution in [1.29, 1.82) is 0 Å². The van der Waals surface area contributed by atoms with E-state index in [1.165, 1.54) is 37.3 Å². The summed E-state index contributed by atoms with van der Waals surface area (Å²) in [6.07, 6.45) is -6.11. The topological polar surface area (TPSA) is 68.7 Å². The Bertz CT molecular complexity index is 1060. The number of alkyl halides is 3. The molecule has 1 N–H and O–H groups in total. The maximum Gasteiger partial charge on any atom is 0.434 e. The number of esters is 1. The standard InChI is InChI=1S/C20H15F4NO4/c1-10(19(27)28-2)29-18-15-9-13(26)7-8-14(15)16(17(25-18)20(22,23)24)11-3-5-12(21)6-4-11/h3-10,26H,1-2H3/t10-/m0/s1. The average molecular weight is 409 g/mol. The Kier molecular flexibility index (Phi) is 5.32. The molecule has 1 atom stereocenters. The summed E-state index contributed by atoms with van der Waals surface area (Å²) >= 11 is 0. The number of halogens is 4. The van der Waals surface area contributed by atoms with Gasteiger partial charge in [-0.25, -0.2) is 14.2 Å². The molecule has 9 heteroatoms. The van der Waals surface area contributed by atoms with Gasteiger partial charge in [0.1, 0.15) is 11.6 Å². The van der Waals surface area contributed by atoms with Crippen molar-refractivity contribution >= 4 is 16.7 Å². The van der Waals surface area contributed by atoms with E-state index < -0.39 is 35.6 Å². The van der Waals surface area contributed by atoms with Gasteiger partial charge in [0.25, 0.3) is 0 Å². The number of fused-ring (bicyclic) bond motifs is 1. The number of rotatable bonds is 4. The highest BCUT2D eigenvalue weighted by atomic mass is 19.4. The highest BCUT2D eigenvalue weighted by Crippen LogP contribution is 2.43. The molecule has 2 aromatic carbocycles. The third kappa shape index (κ3) is 4.08. The molecule has 0 radical (unpaired) electrons. The van der Waals surface area contributed by atoms with Crippen LogP contribution in [0, 0.1) is 5.82 Å². The molecule has 0 aliphatic heterocycles. The molecule has 5 nitrogen and oxygen atoms in total. The first-order chi connectivity index (χ1) is 13.6. The van der Waals surface area contributed by atoms with Gasteiger partial charge in [-0.2, -0.15) is 13.2 Å². The van der Waals surface area contributed by atoms with Crippen molar-refractivity contribution < 1.29 is 36.9 Å². The van der Waals surface area contributed by atoms with Crippen molar-refractivity contribution in [1.82, 2.24) is 4.98 Å². The number of aromatic nitrogens is 1. The maximum absolute atomic E-state index is 13.8. The molecule has 0 saturated heterocycles. The molecule has 0 spiro atoms. The van der Waals surface area contributed by atoms with Gasteiger partial charge in [0.05, 0.1) is 7.11 Å². The molecule has 29 heavy (non-hydrogen) atoms. The summed E-state index contributed by atoms with van der Waals surface area (Å²) in [6.45, 7) is 1.29. The van der Waals surface area contributed by atoms with Crippen LogP contribution in [0.25, 0.3) is 21.9 Å². The second kappa shape index (κ2) is 7.57. The molecule has 152 valence electrons. The van der Waals surface area contributed by atoms with Crippen LogP contribution in [-0.4, -0.2) is 29.3 Å². The lowest BCUT2D eigenvalue weighted by Crippen LogP contribution is -2.26. The van der Waals surface area contributed by atoms with E-state index in [2.05, 4.69) is 9.72 Å². The minimum Gasteiger partial charge on any atom is -0.508 e. The van der Waals surface area contributed by atoms with E-state index in [1.54, 1.807) is 0 Å². The smallest absolute Gasteiger partial charge is 0.434 e. The highest BCUT2D eigenvalue weighted by molar-refractivity contribution is 6.01. The molecule has 1 aromatic heterocycles. The number of methoxy groups -OCH3 is 1. The number of carbonyl (C=O) groups excluding carboxylic acids is 1. The van der Waals surface area contributed by atoms with Crippen molar-refractivity contribution in [2.24, 2.45) is 0 Å². The van der Waals surface area contributed by atoms with Crippen molar-refractivity contribution in [3.8, 4) is 22.8 Å². The highest BCUT2D eigenvalue weighted by Gasteiger charge is 2.38. The van der Waals surface area contributed by atoms with Crippen molar-refractivity contribution in [3.05, 3.63) is 54.0 Å². The molecule has 0 amide bonds. The van der Waals surface area contributed by atoms with Gasteiger partial charge in [0.2, 0.25) is 5.88 Å². The Morgan fingerprint density at radius 1 is 1.10 bits per heavy atom. The van der Waals surface area contributed by atoms with E-state index >= 15 is 0 Å². The van der Waals surface area contributed by atoms with Crippen molar-refractivity contribution in [3.63, 3.8) is 0 Å². The van der Waals surface area contributed by atoms with Crippen LogP contribution in [0.15, 0.2) is 42.5 Å². The second-order valence-corrected chi connectivity index (χ2v) is 6.16. The normalized spacial score (nSPS) is 12.6. The predicted octanol–water partition coefficient (Wildman–Crippen LogP) is 4.71. The molecule has 1 heterocycles. The summed E-state index contributed by atoms with van der Waals surface area (Å²) in [7, 11) is 1.11. The zero-order valence-electron chi connectivity index (χ0n) is 15.2. The number of hydrogen-bond donors (Lipinski definition) is 1. The van der Waals surface area contributed by atoms with Crippen LogP contribution < -0.4 is 4.74 Å². The largest absolute Gasteiger partial charge is 0.508 e. The zero-order chi connectivity index (χ0) is 21.3. The van der Waals surface area contributed by atoms with Crippen LogP contribution in [0.4, 0.5) is 17.6 Å². The molecule has 0 saturated carbocycles. The molecule has 0 bridgehead atoms. The number of carbonyl (C=O) groups is 1. The molecule has 0 aliphatic carbocycles. The van der Waals surface area contributed by atoms with Gasteiger partial charge >= 0.3 is 12.1 Å². The van der Waals surface area contributed by atoms with Crippen molar-refractivity contribution in [2.45, 2.75) is 19.2 Å². The molecule has 0 unspecified atom stereocenters. The summed E-state index contributed by atoms with van der Waals surface area (Å²) in [5, 5.41) is 9.93. The van der Waals surface area contributed by atoms with Crippen LogP contribution >= 0.6 is 0 Å². The maximum atomic E-state index is 13.8. The number of aromatic hydroxyl groups is 1. The van der Waals surface area contributed by atoms with E-state index in [-0.39, 0.29) is 27.6 Å². The number of pyridine rings is 1.